The van der Waals surface area contributed by atoms with E-state index < -0.39 is 27.8 Å². The molecule has 1 aliphatic carbocycles. The largest absolute Gasteiger partial charge is 0.480 e. The number of carboxylic acids is 1. The van der Waals surface area contributed by atoms with Crippen molar-refractivity contribution < 1.29 is 23.1 Å². The van der Waals surface area contributed by atoms with Gasteiger partial charge in [0.2, 0.25) is 5.91 Å². The lowest BCUT2D eigenvalue weighted by atomic mass is 10.0. The highest BCUT2D eigenvalue weighted by Gasteiger charge is 2.30. The molecule has 1 aliphatic rings. The highest BCUT2D eigenvalue weighted by Crippen LogP contribution is 2.25. The van der Waals surface area contributed by atoms with Crippen molar-refractivity contribution in [3.63, 3.8) is 0 Å². The first-order valence-electron chi connectivity index (χ1n) is 6.97. The molecule has 0 aromatic heterocycles. The molecule has 1 saturated carbocycles. The summed E-state index contributed by atoms with van der Waals surface area (Å²) in [5.41, 5.74) is 0. The average Bonchev–Trinajstić information content (AvgIpc) is 2.87. The first-order chi connectivity index (χ1) is 9.24. The maximum absolute atomic E-state index is 12.0. The number of hydrogen-bond acceptors (Lipinski definition) is 4. The summed E-state index contributed by atoms with van der Waals surface area (Å²) < 4.78 is 24.0. The van der Waals surface area contributed by atoms with Crippen LogP contribution in [-0.4, -0.2) is 42.4 Å². The first-order valence-corrected chi connectivity index (χ1v) is 8.69. The summed E-state index contributed by atoms with van der Waals surface area (Å²) in [4.78, 5) is 22.6. The third-order valence-electron chi connectivity index (χ3n) is 3.67. The smallest absolute Gasteiger partial charge is 0.326 e. The second-order valence-electron chi connectivity index (χ2n) is 5.65. The summed E-state index contributed by atoms with van der Waals surface area (Å²) in [6.45, 7) is 3.38. The Balaban J connectivity index is 2.48. The van der Waals surface area contributed by atoms with Gasteiger partial charge in [-0.15, -0.1) is 0 Å². The Kier molecular flexibility index (Phi) is 5.98. The van der Waals surface area contributed by atoms with Crippen LogP contribution in [0, 0.1) is 5.92 Å². The number of sulfone groups is 1. The molecule has 1 rings (SSSR count). The highest BCUT2D eigenvalue weighted by molar-refractivity contribution is 7.92. The van der Waals surface area contributed by atoms with Gasteiger partial charge in [-0.05, 0) is 18.8 Å². The van der Waals surface area contributed by atoms with Crippen molar-refractivity contribution in [1.29, 1.82) is 0 Å². The normalized spacial score (nSPS) is 18.1. The molecule has 0 heterocycles. The number of carboxylic acid groups (broad SMARTS) is 1. The zero-order valence-corrected chi connectivity index (χ0v) is 12.8. The molecular weight excluding hydrogens is 282 g/mol. The topological polar surface area (TPSA) is 101 Å². The predicted molar refractivity (Wildman–Crippen MR) is 75.1 cm³/mol. The summed E-state index contributed by atoms with van der Waals surface area (Å²) in [5.74, 6) is -2.07. The van der Waals surface area contributed by atoms with E-state index in [-0.39, 0.29) is 23.3 Å². The summed E-state index contributed by atoms with van der Waals surface area (Å²) in [5, 5.41) is 11.0. The molecule has 1 amide bonds. The molecule has 1 fully saturated rings. The van der Waals surface area contributed by atoms with Gasteiger partial charge in [0.25, 0.3) is 0 Å². The van der Waals surface area contributed by atoms with Gasteiger partial charge in [0.15, 0.2) is 9.84 Å². The number of rotatable bonds is 7. The zero-order chi connectivity index (χ0) is 15.3. The number of carbonyl (C=O) groups is 2. The molecule has 1 atom stereocenters. The lowest BCUT2D eigenvalue weighted by molar-refractivity contribution is -0.143. The van der Waals surface area contributed by atoms with Gasteiger partial charge in [0.1, 0.15) is 6.04 Å². The fourth-order valence-corrected chi connectivity index (χ4v) is 4.26. The summed E-state index contributed by atoms with van der Waals surface area (Å²) in [6, 6.07) is -0.975. The van der Waals surface area contributed by atoms with Crippen molar-refractivity contribution in [2.24, 2.45) is 5.92 Å². The van der Waals surface area contributed by atoms with Gasteiger partial charge in [-0.3, -0.25) is 4.79 Å². The Hall–Kier alpha value is -1.11. The van der Waals surface area contributed by atoms with Crippen LogP contribution in [-0.2, 0) is 19.4 Å². The van der Waals surface area contributed by atoms with Crippen LogP contribution in [0.4, 0.5) is 0 Å². The van der Waals surface area contributed by atoms with Gasteiger partial charge < -0.3 is 10.4 Å². The lowest BCUT2D eigenvalue weighted by Crippen LogP contribution is -2.44. The van der Waals surface area contributed by atoms with Gasteiger partial charge in [0, 0.05) is 6.42 Å². The second kappa shape index (κ2) is 7.06. The Bertz CT molecular complexity index is 451. The molecule has 2 N–H and O–H groups in total. The Morgan fingerprint density at radius 3 is 2.25 bits per heavy atom. The molecule has 0 unspecified atom stereocenters. The van der Waals surface area contributed by atoms with E-state index in [4.69, 9.17) is 5.11 Å². The van der Waals surface area contributed by atoms with Gasteiger partial charge in [0.05, 0.1) is 11.0 Å². The molecule has 20 heavy (non-hydrogen) atoms. The van der Waals surface area contributed by atoms with Crippen molar-refractivity contribution in [1.82, 2.24) is 5.32 Å². The van der Waals surface area contributed by atoms with E-state index in [0.29, 0.717) is 12.8 Å². The molecular formula is C13H23NO5S. The second-order valence-corrected chi connectivity index (χ2v) is 8.05. The minimum atomic E-state index is -3.24. The van der Waals surface area contributed by atoms with Crippen LogP contribution < -0.4 is 5.32 Å². The summed E-state index contributed by atoms with van der Waals surface area (Å²) in [7, 11) is -3.24. The van der Waals surface area contributed by atoms with Crippen molar-refractivity contribution in [2.75, 3.05) is 5.75 Å². The number of amides is 1. The number of carbonyl (C=O) groups excluding carboxylic acids is 1. The average molecular weight is 305 g/mol. The Morgan fingerprint density at radius 2 is 1.80 bits per heavy atom. The van der Waals surface area contributed by atoms with Crippen LogP contribution in [0.15, 0.2) is 0 Å². The number of nitrogens with one attached hydrogen (secondary N) is 1. The van der Waals surface area contributed by atoms with Crippen molar-refractivity contribution in [3.8, 4) is 0 Å². The van der Waals surface area contributed by atoms with Crippen molar-refractivity contribution >= 4 is 21.7 Å². The molecule has 0 saturated heterocycles. The maximum atomic E-state index is 12.0. The Morgan fingerprint density at radius 1 is 1.25 bits per heavy atom. The van der Waals surface area contributed by atoms with Crippen LogP contribution in [0.2, 0.25) is 0 Å². The van der Waals surface area contributed by atoms with E-state index in [9.17, 15) is 18.0 Å². The molecule has 0 aromatic carbocycles. The fraction of sp³-hybridized carbons (Fsp3) is 0.846. The first kappa shape index (κ1) is 16.9. The minimum absolute atomic E-state index is 0.171. The lowest BCUT2D eigenvalue weighted by Gasteiger charge is -2.18. The van der Waals surface area contributed by atoms with E-state index in [1.165, 1.54) is 0 Å². The van der Waals surface area contributed by atoms with Crippen molar-refractivity contribution in [3.05, 3.63) is 0 Å². The summed E-state index contributed by atoms with van der Waals surface area (Å²) in [6.07, 6.45) is 3.02. The third-order valence-corrected chi connectivity index (χ3v) is 5.93. The zero-order valence-electron chi connectivity index (χ0n) is 12.0. The van der Waals surface area contributed by atoms with E-state index >= 15 is 0 Å². The fourth-order valence-electron chi connectivity index (χ4n) is 2.41. The highest BCUT2D eigenvalue weighted by atomic mass is 32.2. The SMILES string of the molecule is CC(C)[C@H](NC(=O)CCS(=O)(=O)C1CCCC1)C(=O)O. The third kappa shape index (κ3) is 4.77. The number of aliphatic carboxylic acids is 1. The van der Waals surface area contributed by atoms with Crippen LogP contribution in [0.1, 0.15) is 46.0 Å². The van der Waals surface area contributed by atoms with Crippen LogP contribution in [0.3, 0.4) is 0 Å². The van der Waals surface area contributed by atoms with E-state index in [1.54, 1.807) is 13.8 Å². The van der Waals surface area contributed by atoms with Crippen LogP contribution in [0.5, 0.6) is 0 Å². The summed E-state index contributed by atoms with van der Waals surface area (Å²) >= 11 is 0. The maximum Gasteiger partial charge on any atom is 0.326 e. The molecule has 7 heteroatoms. The predicted octanol–water partition coefficient (Wildman–Crippen LogP) is 0.959. The standard InChI is InChI=1S/C13H23NO5S/c1-9(2)12(13(16)17)14-11(15)7-8-20(18,19)10-5-3-4-6-10/h9-10,12H,3-8H2,1-2H3,(H,14,15)(H,16,17)/t12-/m0/s1. The quantitative estimate of drug-likeness (QED) is 0.729. The van der Waals surface area contributed by atoms with Crippen LogP contribution >= 0.6 is 0 Å². The van der Waals surface area contributed by atoms with Gasteiger partial charge in [-0.1, -0.05) is 26.7 Å². The molecule has 0 radical (unpaired) electrons. The Labute approximate surface area is 119 Å². The van der Waals surface area contributed by atoms with E-state index in [1.807, 2.05) is 0 Å². The van der Waals surface area contributed by atoms with Crippen LogP contribution in [0.25, 0.3) is 0 Å². The van der Waals surface area contributed by atoms with Gasteiger partial charge in [-0.25, -0.2) is 13.2 Å². The minimum Gasteiger partial charge on any atom is -0.480 e. The molecule has 0 aromatic rings. The van der Waals surface area contributed by atoms with Gasteiger partial charge in [-0.2, -0.15) is 0 Å². The van der Waals surface area contributed by atoms with Gasteiger partial charge >= 0.3 is 5.97 Å². The molecule has 6 nitrogen and oxygen atoms in total. The molecule has 116 valence electrons. The molecule has 0 bridgehead atoms. The molecule has 0 spiro atoms. The van der Waals surface area contributed by atoms with E-state index in [0.717, 1.165) is 12.8 Å². The number of hydrogen-bond donors (Lipinski definition) is 2. The van der Waals surface area contributed by atoms with E-state index in [2.05, 4.69) is 5.32 Å². The molecule has 0 aliphatic heterocycles. The van der Waals surface area contributed by atoms with Crippen molar-refractivity contribution in [2.45, 2.75) is 57.2 Å². The monoisotopic (exact) mass is 305 g/mol.